The minimum absolute atomic E-state index is 0.114. The molecular formula is C23H24N6O3S2. The molecule has 9 nitrogen and oxygen atoms in total. The number of H-pyrrole nitrogens is 1. The van der Waals surface area contributed by atoms with Gasteiger partial charge in [0.2, 0.25) is 11.1 Å². The van der Waals surface area contributed by atoms with Gasteiger partial charge in [0.25, 0.3) is 0 Å². The van der Waals surface area contributed by atoms with Crippen LogP contribution in [0.15, 0.2) is 65.8 Å². The first-order valence-corrected chi connectivity index (χ1v) is 12.8. The van der Waals surface area contributed by atoms with E-state index in [-0.39, 0.29) is 29.0 Å². The van der Waals surface area contributed by atoms with Crippen LogP contribution in [-0.2, 0) is 14.3 Å². The Bertz CT molecular complexity index is 1110. The molecule has 0 saturated carbocycles. The molecule has 5 rings (SSSR count). The molecule has 0 radical (unpaired) electrons. The van der Waals surface area contributed by atoms with E-state index in [4.69, 9.17) is 10.5 Å². The van der Waals surface area contributed by atoms with Crippen LogP contribution in [0.4, 0.5) is 0 Å². The zero-order valence-electron chi connectivity index (χ0n) is 18.4. The van der Waals surface area contributed by atoms with Gasteiger partial charge in [0, 0.05) is 17.5 Å². The number of hydrogen-bond acceptors (Lipinski definition) is 9. The van der Waals surface area contributed by atoms with E-state index >= 15 is 0 Å². The average molecular weight is 497 g/mol. The predicted molar refractivity (Wildman–Crippen MR) is 129 cm³/mol. The van der Waals surface area contributed by atoms with Crippen LogP contribution >= 0.6 is 23.5 Å². The SMILES string of the molecule is CC(Sc1nnn[nH]1)C1(C(=O)OC(c2ccccc2)c2ccccc2)CS[C@@H]2C(N)C(=O)N2C1. The number of carbonyl (C=O) groups excluding carboxylic acids is 2. The molecule has 4 atom stereocenters. The highest BCUT2D eigenvalue weighted by atomic mass is 32.2. The number of nitrogens with two attached hydrogens (primary N) is 1. The minimum atomic E-state index is -0.976. The molecule has 2 saturated heterocycles. The van der Waals surface area contributed by atoms with Crippen LogP contribution in [0.25, 0.3) is 0 Å². The van der Waals surface area contributed by atoms with Crippen molar-refractivity contribution >= 4 is 35.4 Å². The number of amides is 1. The highest BCUT2D eigenvalue weighted by molar-refractivity contribution is 8.01. The Balaban J connectivity index is 1.47. The summed E-state index contributed by atoms with van der Waals surface area (Å²) in [6, 6.07) is 18.8. The maximum Gasteiger partial charge on any atom is 0.316 e. The van der Waals surface area contributed by atoms with Crippen molar-refractivity contribution in [2.45, 2.75) is 34.8 Å². The number of thioether (sulfide) groups is 2. The number of tetrazole rings is 1. The number of carbonyl (C=O) groups is 2. The molecule has 11 heteroatoms. The van der Waals surface area contributed by atoms with Crippen LogP contribution in [0, 0.1) is 5.41 Å². The number of aromatic nitrogens is 4. The Labute approximate surface area is 205 Å². The third-order valence-corrected chi connectivity index (χ3v) is 9.15. The fraction of sp³-hybridized carbons (Fsp3) is 0.348. The van der Waals surface area contributed by atoms with Gasteiger partial charge in [-0.15, -0.1) is 16.9 Å². The predicted octanol–water partition coefficient (Wildman–Crippen LogP) is 2.24. The summed E-state index contributed by atoms with van der Waals surface area (Å²) in [5, 5.41) is 14.1. The van der Waals surface area contributed by atoms with Gasteiger partial charge in [-0.05, 0) is 21.6 Å². The molecule has 3 heterocycles. The second kappa shape index (κ2) is 9.40. The van der Waals surface area contributed by atoms with E-state index in [1.807, 2.05) is 67.6 Å². The van der Waals surface area contributed by atoms with E-state index < -0.39 is 17.6 Å². The lowest BCUT2D eigenvalue weighted by atomic mass is 9.83. The number of ether oxygens (including phenoxy) is 1. The van der Waals surface area contributed by atoms with Crippen LogP contribution in [0.1, 0.15) is 24.2 Å². The molecule has 0 spiro atoms. The fourth-order valence-corrected chi connectivity index (χ4v) is 7.03. The van der Waals surface area contributed by atoms with E-state index in [0.717, 1.165) is 11.1 Å². The van der Waals surface area contributed by atoms with Crippen molar-refractivity contribution in [3.63, 3.8) is 0 Å². The molecule has 176 valence electrons. The second-order valence-corrected chi connectivity index (χ2v) is 10.9. The lowest BCUT2D eigenvalue weighted by molar-refractivity contribution is -0.164. The molecule has 3 N–H and O–H groups in total. The number of nitrogens with zero attached hydrogens (tertiary/aromatic N) is 4. The molecular weight excluding hydrogens is 472 g/mol. The van der Waals surface area contributed by atoms with Crippen molar-refractivity contribution in [3.05, 3.63) is 71.8 Å². The van der Waals surface area contributed by atoms with E-state index in [1.54, 1.807) is 4.90 Å². The number of rotatable bonds is 7. The first kappa shape index (κ1) is 22.9. The Hall–Kier alpha value is -2.89. The van der Waals surface area contributed by atoms with Crippen molar-refractivity contribution in [1.82, 2.24) is 25.5 Å². The monoisotopic (exact) mass is 496 g/mol. The molecule has 3 aromatic rings. The van der Waals surface area contributed by atoms with Gasteiger partial charge in [-0.25, -0.2) is 5.10 Å². The van der Waals surface area contributed by atoms with Crippen LogP contribution in [0.2, 0.25) is 0 Å². The lowest BCUT2D eigenvalue weighted by Gasteiger charge is -2.54. The summed E-state index contributed by atoms with van der Waals surface area (Å²) in [6.07, 6.45) is -0.576. The summed E-state index contributed by atoms with van der Waals surface area (Å²) in [5.41, 5.74) is 6.77. The minimum Gasteiger partial charge on any atom is -0.452 e. The quantitative estimate of drug-likeness (QED) is 0.288. The number of fused-ring (bicyclic) bond motifs is 1. The molecule has 2 fully saturated rings. The van der Waals surface area contributed by atoms with Crippen molar-refractivity contribution < 1.29 is 14.3 Å². The third-order valence-electron chi connectivity index (χ3n) is 6.38. The maximum absolute atomic E-state index is 14.0. The fourth-order valence-electron chi connectivity index (χ4n) is 4.32. The Morgan fingerprint density at radius 3 is 2.44 bits per heavy atom. The number of aromatic amines is 1. The summed E-state index contributed by atoms with van der Waals surface area (Å²) in [7, 11) is 0. The zero-order chi connectivity index (χ0) is 23.7. The molecule has 3 unspecified atom stereocenters. The van der Waals surface area contributed by atoms with Crippen LogP contribution in [0.3, 0.4) is 0 Å². The Morgan fingerprint density at radius 2 is 1.85 bits per heavy atom. The largest absolute Gasteiger partial charge is 0.452 e. The lowest BCUT2D eigenvalue weighted by Crippen LogP contribution is -2.73. The van der Waals surface area contributed by atoms with Gasteiger partial charge in [0.05, 0.1) is 0 Å². The topological polar surface area (TPSA) is 127 Å². The van der Waals surface area contributed by atoms with Crippen LogP contribution < -0.4 is 5.73 Å². The van der Waals surface area contributed by atoms with Crippen molar-refractivity contribution in [1.29, 1.82) is 0 Å². The number of β-lactam (4-membered cyclic amide) rings is 1. The highest BCUT2D eigenvalue weighted by Gasteiger charge is 2.58. The van der Waals surface area contributed by atoms with E-state index in [0.29, 0.717) is 10.9 Å². The summed E-state index contributed by atoms with van der Waals surface area (Å²) >= 11 is 2.88. The smallest absolute Gasteiger partial charge is 0.316 e. The molecule has 1 aromatic heterocycles. The Kier molecular flexibility index (Phi) is 6.32. The first-order chi connectivity index (χ1) is 16.5. The van der Waals surface area contributed by atoms with Gasteiger partial charge in [-0.1, -0.05) is 79.3 Å². The van der Waals surface area contributed by atoms with Gasteiger partial charge >= 0.3 is 5.97 Å². The van der Waals surface area contributed by atoms with E-state index in [9.17, 15) is 9.59 Å². The summed E-state index contributed by atoms with van der Waals surface area (Å²) in [5.74, 6) is -0.0347. The van der Waals surface area contributed by atoms with Crippen molar-refractivity contribution in [2.24, 2.45) is 11.1 Å². The summed E-state index contributed by atoms with van der Waals surface area (Å²) < 4.78 is 6.28. The second-order valence-electron chi connectivity index (χ2n) is 8.42. The van der Waals surface area contributed by atoms with E-state index in [1.165, 1.54) is 23.5 Å². The zero-order valence-corrected chi connectivity index (χ0v) is 20.0. The van der Waals surface area contributed by atoms with Crippen molar-refractivity contribution in [3.8, 4) is 0 Å². The van der Waals surface area contributed by atoms with E-state index in [2.05, 4.69) is 20.6 Å². The summed E-state index contributed by atoms with van der Waals surface area (Å²) in [4.78, 5) is 28.2. The van der Waals surface area contributed by atoms with Gasteiger partial charge in [0.1, 0.15) is 16.8 Å². The van der Waals surface area contributed by atoms with Gasteiger partial charge in [-0.3, -0.25) is 9.59 Å². The number of nitrogens with one attached hydrogen (secondary N) is 1. The van der Waals surface area contributed by atoms with Gasteiger partial charge < -0.3 is 15.4 Å². The molecule has 2 aromatic carbocycles. The number of hydrogen-bond donors (Lipinski definition) is 2. The molecule has 2 aliphatic rings. The van der Waals surface area contributed by atoms with Crippen molar-refractivity contribution in [2.75, 3.05) is 12.3 Å². The molecule has 0 bridgehead atoms. The molecule has 34 heavy (non-hydrogen) atoms. The molecule has 0 aliphatic carbocycles. The molecule has 1 amide bonds. The maximum atomic E-state index is 14.0. The summed E-state index contributed by atoms with van der Waals surface area (Å²) in [6.45, 7) is 2.18. The standard InChI is InChI=1S/C23H24N6O3S2/c1-14(34-22-25-27-28-26-22)23(12-29-19(30)17(24)20(29)33-13-23)21(31)32-18(15-8-4-2-5-9-15)16-10-6-3-7-11-16/h2-11,14,17-18,20H,12-13,24H2,1H3,(H,25,26,27,28)/t14?,17?,20-,23?/m1/s1. The van der Waals surface area contributed by atoms with Gasteiger partial charge in [-0.2, -0.15) is 0 Å². The number of esters is 1. The average Bonchev–Trinajstić information content (AvgIpc) is 3.40. The number of benzene rings is 2. The first-order valence-electron chi connectivity index (χ1n) is 10.9. The van der Waals surface area contributed by atoms with Crippen LogP contribution in [0.5, 0.6) is 0 Å². The van der Waals surface area contributed by atoms with Crippen LogP contribution in [-0.4, -0.2) is 66.4 Å². The Morgan fingerprint density at radius 1 is 1.21 bits per heavy atom. The third kappa shape index (κ3) is 4.08. The normalized spacial score (nSPS) is 24.9. The van der Waals surface area contributed by atoms with Gasteiger partial charge in [0.15, 0.2) is 6.10 Å². The highest BCUT2D eigenvalue weighted by Crippen LogP contribution is 2.48. The molecule has 2 aliphatic heterocycles.